The van der Waals surface area contributed by atoms with E-state index in [0.717, 1.165) is 27.5 Å². The third kappa shape index (κ3) is 2.48. The van der Waals surface area contributed by atoms with E-state index in [1.807, 2.05) is 48.5 Å². The second kappa shape index (κ2) is 5.73. The first-order valence-electron chi connectivity index (χ1n) is 8.63. The molecule has 0 amide bonds. The quantitative estimate of drug-likeness (QED) is 0.449. The second-order valence-corrected chi connectivity index (χ2v) is 7.61. The number of carbonyl (C=O) groups is 1. The van der Waals surface area contributed by atoms with Crippen LogP contribution in [0.2, 0.25) is 0 Å². The SMILES string of the molecule is CC(C)(C)c1cc(C=O)c(O)c(-c2cccc3c2oc2ccccc23)c1. The van der Waals surface area contributed by atoms with Gasteiger partial charge in [-0.25, -0.2) is 0 Å². The Morgan fingerprint density at radius 2 is 1.65 bits per heavy atom. The number of aromatic hydroxyl groups is 1. The van der Waals surface area contributed by atoms with E-state index in [4.69, 9.17) is 4.42 Å². The molecule has 1 aromatic heterocycles. The van der Waals surface area contributed by atoms with Crippen molar-refractivity contribution in [2.45, 2.75) is 26.2 Å². The van der Waals surface area contributed by atoms with Gasteiger partial charge in [-0.3, -0.25) is 4.79 Å². The van der Waals surface area contributed by atoms with Crippen molar-refractivity contribution in [3.63, 3.8) is 0 Å². The van der Waals surface area contributed by atoms with E-state index in [0.29, 0.717) is 23.0 Å². The van der Waals surface area contributed by atoms with Crippen molar-refractivity contribution in [1.29, 1.82) is 0 Å². The fraction of sp³-hybridized carbons (Fsp3) is 0.174. The van der Waals surface area contributed by atoms with E-state index in [9.17, 15) is 9.90 Å². The third-order valence-corrected chi connectivity index (χ3v) is 4.83. The van der Waals surface area contributed by atoms with Gasteiger partial charge in [0.05, 0.1) is 5.56 Å². The first kappa shape index (κ1) is 16.4. The van der Waals surface area contributed by atoms with Crippen molar-refractivity contribution in [3.8, 4) is 16.9 Å². The van der Waals surface area contributed by atoms with Gasteiger partial charge in [-0.15, -0.1) is 0 Å². The van der Waals surface area contributed by atoms with E-state index < -0.39 is 0 Å². The van der Waals surface area contributed by atoms with Gasteiger partial charge in [0.2, 0.25) is 0 Å². The van der Waals surface area contributed by atoms with Crippen LogP contribution in [-0.2, 0) is 5.41 Å². The molecular formula is C23H20O3. The van der Waals surface area contributed by atoms with Gasteiger partial charge < -0.3 is 9.52 Å². The highest BCUT2D eigenvalue weighted by atomic mass is 16.3. The number of benzene rings is 3. The molecule has 0 aliphatic heterocycles. The minimum atomic E-state index is -0.151. The predicted octanol–water partition coefficient (Wildman–Crippen LogP) is 6.07. The Bertz CT molecular complexity index is 1140. The number of phenolic OH excluding ortho intramolecular Hbond substituents is 1. The van der Waals surface area contributed by atoms with E-state index in [1.165, 1.54) is 0 Å². The molecule has 130 valence electrons. The molecule has 3 aromatic carbocycles. The van der Waals surface area contributed by atoms with Crippen LogP contribution in [0.4, 0.5) is 0 Å². The molecule has 1 N–H and O–H groups in total. The maximum absolute atomic E-state index is 11.5. The first-order valence-corrected chi connectivity index (χ1v) is 8.63. The maximum Gasteiger partial charge on any atom is 0.153 e. The molecule has 0 saturated carbocycles. The number of para-hydroxylation sites is 2. The first-order chi connectivity index (χ1) is 12.4. The molecule has 0 bridgehead atoms. The van der Waals surface area contributed by atoms with Crippen LogP contribution in [-0.4, -0.2) is 11.4 Å². The lowest BCUT2D eigenvalue weighted by Crippen LogP contribution is -2.11. The summed E-state index contributed by atoms with van der Waals surface area (Å²) in [7, 11) is 0. The van der Waals surface area contributed by atoms with Crippen LogP contribution in [0.25, 0.3) is 33.1 Å². The lowest BCUT2D eigenvalue weighted by molar-refractivity contribution is 0.112. The Hall–Kier alpha value is -3.07. The fourth-order valence-electron chi connectivity index (χ4n) is 3.34. The van der Waals surface area contributed by atoms with Gasteiger partial charge in [0.25, 0.3) is 0 Å². The normalized spacial score (nSPS) is 12.0. The molecule has 0 aliphatic rings. The zero-order valence-corrected chi connectivity index (χ0v) is 15.0. The van der Waals surface area contributed by atoms with Gasteiger partial charge in [0, 0.05) is 21.9 Å². The summed E-state index contributed by atoms with van der Waals surface area (Å²) in [6, 6.07) is 17.4. The molecule has 3 heteroatoms. The lowest BCUT2D eigenvalue weighted by atomic mass is 9.83. The molecule has 0 unspecified atom stereocenters. The molecule has 4 aromatic rings. The highest BCUT2D eigenvalue weighted by Gasteiger charge is 2.21. The predicted molar refractivity (Wildman–Crippen MR) is 105 cm³/mol. The Balaban J connectivity index is 2.08. The van der Waals surface area contributed by atoms with Crippen molar-refractivity contribution in [3.05, 3.63) is 65.7 Å². The van der Waals surface area contributed by atoms with Crippen molar-refractivity contribution < 1.29 is 14.3 Å². The largest absolute Gasteiger partial charge is 0.507 e. The van der Waals surface area contributed by atoms with E-state index in [-0.39, 0.29) is 11.2 Å². The van der Waals surface area contributed by atoms with Gasteiger partial charge in [-0.1, -0.05) is 57.2 Å². The summed E-state index contributed by atoms with van der Waals surface area (Å²) >= 11 is 0. The van der Waals surface area contributed by atoms with Gasteiger partial charge in [0.15, 0.2) is 6.29 Å². The molecule has 0 spiro atoms. The number of carbonyl (C=O) groups excluding carboxylic acids is 1. The lowest BCUT2D eigenvalue weighted by Gasteiger charge is -2.21. The second-order valence-electron chi connectivity index (χ2n) is 7.61. The van der Waals surface area contributed by atoms with Crippen molar-refractivity contribution in [1.82, 2.24) is 0 Å². The molecule has 3 nitrogen and oxygen atoms in total. The maximum atomic E-state index is 11.5. The molecular weight excluding hydrogens is 324 g/mol. The van der Waals surface area contributed by atoms with E-state index in [2.05, 4.69) is 20.8 Å². The number of phenols is 1. The van der Waals surface area contributed by atoms with Gasteiger partial charge in [0.1, 0.15) is 16.9 Å². The van der Waals surface area contributed by atoms with Gasteiger partial charge in [-0.05, 0) is 29.2 Å². The van der Waals surface area contributed by atoms with Crippen LogP contribution in [0.15, 0.2) is 59.0 Å². The minimum absolute atomic E-state index is 0.0130. The van der Waals surface area contributed by atoms with Crippen LogP contribution in [0, 0.1) is 0 Å². The van der Waals surface area contributed by atoms with Crippen molar-refractivity contribution in [2.75, 3.05) is 0 Å². The van der Waals surface area contributed by atoms with E-state index >= 15 is 0 Å². The molecule has 0 fully saturated rings. The number of aldehydes is 1. The number of hydrogen-bond donors (Lipinski definition) is 1. The highest BCUT2D eigenvalue weighted by Crippen LogP contribution is 2.41. The van der Waals surface area contributed by atoms with Crippen LogP contribution in [0.5, 0.6) is 5.75 Å². The zero-order valence-electron chi connectivity index (χ0n) is 15.0. The fourth-order valence-corrected chi connectivity index (χ4v) is 3.34. The molecule has 1 heterocycles. The average molecular weight is 344 g/mol. The summed E-state index contributed by atoms with van der Waals surface area (Å²) in [6.45, 7) is 6.25. The van der Waals surface area contributed by atoms with Crippen molar-refractivity contribution >= 4 is 28.2 Å². The average Bonchev–Trinajstić information content (AvgIpc) is 3.00. The summed E-state index contributed by atoms with van der Waals surface area (Å²) < 4.78 is 6.09. The Morgan fingerprint density at radius 1 is 0.923 bits per heavy atom. The third-order valence-electron chi connectivity index (χ3n) is 4.83. The molecule has 0 atom stereocenters. The standard InChI is InChI=1S/C23H20O3/c1-23(2,3)15-11-14(13-24)21(25)19(12-15)18-9-6-8-17-16-7-4-5-10-20(16)26-22(17)18/h4-13,25H,1-3H3. The van der Waals surface area contributed by atoms with Gasteiger partial charge >= 0.3 is 0 Å². The van der Waals surface area contributed by atoms with Crippen molar-refractivity contribution in [2.24, 2.45) is 0 Å². The summed E-state index contributed by atoms with van der Waals surface area (Å²) in [6.07, 6.45) is 0.701. The summed E-state index contributed by atoms with van der Waals surface area (Å²) in [5.41, 5.74) is 4.04. The number of rotatable bonds is 2. The Morgan fingerprint density at radius 3 is 2.38 bits per heavy atom. The monoisotopic (exact) mass is 344 g/mol. The molecule has 0 aliphatic carbocycles. The summed E-state index contributed by atoms with van der Waals surface area (Å²) in [5.74, 6) is -0.0130. The molecule has 0 radical (unpaired) electrons. The minimum Gasteiger partial charge on any atom is -0.507 e. The number of furan rings is 1. The van der Waals surface area contributed by atoms with E-state index in [1.54, 1.807) is 6.07 Å². The Kier molecular flexibility index (Phi) is 3.62. The van der Waals surface area contributed by atoms with Crippen LogP contribution in [0.1, 0.15) is 36.7 Å². The molecule has 26 heavy (non-hydrogen) atoms. The van der Waals surface area contributed by atoms with Gasteiger partial charge in [-0.2, -0.15) is 0 Å². The summed E-state index contributed by atoms with van der Waals surface area (Å²) in [4.78, 5) is 11.5. The van der Waals surface area contributed by atoms with Crippen LogP contribution < -0.4 is 0 Å². The van der Waals surface area contributed by atoms with Crippen LogP contribution in [0.3, 0.4) is 0 Å². The zero-order chi connectivity index (χ0) is 18.5. The van der Waals surface area contributed by atoms with Crippen LogP contribution >= 0.6 is 0 Å². The smallest absolute Gasteiger partial charge is 0.153 e. The topological polar surface area (TPSA) is 50.4 Å². The molecule has 4 rings (SSSR count). The number of fused-ring (bicyclic) bond motifs is 3. The number of hydrogen-bond acceptors (Lipinski definition) is 3. The molecule has 0 saturated heterocycles. The Labute approximate surface area is 151 Å². The highest BCUT2D eigenvalue weighted by molar-refractivity contribution is 6.10. The summed E-state index contributed by atoms with van der Waals surface area (Å²) in [5, 5.41) is 12.7.